The highest BCUT2D eigenvalue weighted by Gasteiger charge is 2.32. The molecule has 1 unspecified atom stereocenters. The molecule has 1 saturated heterocycles. The fourth-order valence-corrected chi connectivity index (χ4v) is 4.44. The Hall–Kier alpha value is -1.85. The van der Waals surface area contributed by atoms with Gasteiger partial charge in [0.1, 0.15) is 5.75 Å². The van der Waals surface area contributed by atoms with Gasteiger partial charge < -0.3 is 9.64 Å². The second-order valence-electron chi connectivity index (χ2n) is 7.03. The Bertz CT molecular complexity index is 823. The Kier molecular flexibility index (Phi) is 5.00. The number of ether oxygens (including phenoxy) is 1. The molecule has 4 rings (SSSR count). The number of carbonyl (C=O) groups is 1. The van der Waals surface area contributed by atoms with Crippen molar-refractivity contribution in [3.05, 3.63) is 63.6 Å². The summed E-state index contributed by atoms with van der Waals surface area (Å²) in [5.74, 6) is 0.788. The van der Waals surface area contributed by atoms with Gasteiger partial charge in [0.25, 0.3) is 5.91 Å². The summed E-state index contributed by atoms with van der Waals surface area (Å²) in [4.78, 5) is 17.5. The Morgan fingerprint density at radius 3 is 2.77 bits per heavy atom. The predicted octanol–water partition coefficient (Wildman–Crippen LogP) is 3.73. The van der Waals surface area contributed by atoms with Crippen molar-refractivity contribution in [1.29, 1.82) is 0 Å². The molecule has 2 aromatic carbocycles. The lowest BCUT2D eigenvalue weighted by molar-refractivity contribution is 0.0772. The third-order valence-electron chi connectivity index (χ3n) is 5.53. The van der Waals surface area contributed by atoms with Crippen molar-refractivity contribution in [1.82, 2.24) is 9.80 Å². The van der Waals surface area contributed by atoms with Crippen LogP contribution in [0.5, 0.6) is 5.75 Å². The number of likely N-dealkylation sites (tertiary alicyclic amines) is 1. The van der Waals surface area contributed by atoms with Gasteiger partial charge in [-0.25, -0.2) is 0 Å². The Morgan fingerprint density at radius 1 is 1.15 bits per heavy atom. The molecular formula is C21H23BrN2O2. The summed E-state index contributed by atoms with van der Waals surface area (Å²) in [6.07, 6.45) is 2.14. The van der Waals surface area contributed by atoms with Gasteiger partial charge in [-0.2, -0.15) is 0 Å². The zero-order valence-corrected chi connectivity index (χ0v) is 16.5. The van der Waals surface area contributed by atoms with Crippen LogP contribution in [0.3, 0.4) is 0 Å². The van der Waals surface area contributed by atoms with Gasteiger partial charge in [0, 0.05) is 36.7 Å². The van der Waals surface area contributed by atoms with Crippen LogP contribution in [-0.4, -0.2) is 48.5 Å². The summed E-state index contributed by atoms with van der Waals surface area (Å²) in [7, 11) is 1.62. The maximum absolute atomic E-state index is 13.0. The number of amides is 1. The monoisotopic (exact) mass is 414 g/mol. The van der Waals surface area contributed by atoms with Crippen LogP contribution in [-0.2, 0) is 13.0 Å². The third kappa shape index (κ3) is 3.38. The van der Waals surface area contributed by atoms with Crippen LogP contribution < -0.4 is 4.74 Å². The van der Waals surface area contributed by atoms with E-state index in [2.05, 4.69) is 45.1 Å². The SMILES string of the molecule is COc1ccc(Br)c(C(=O)N2CCC(N3CCc4ccccc4C3)C2)c1. The molecule has 2 heterocycles. The quantitative estimate of drug-likeness (QED) is 0.766. The van der Waals surface area contributed by atoms with E-state index < -0.39 is 0 Å². The van der Waals surface area contributed by atoms with Crippen molar-refractivity contribution in [2.45, 2.75) is 25.4 Å². The minimum Gasteiger partial charge on any atom is -0.497 e. The number of benzene rings is 2. The zero-order chi connectivity index (χ0) is 18.1. The van der Waals surface area contributed by atoms with E-state index in [0.29, 0.717) is 17.4 Å². The normalized spacial score (nSPS) is 20.1. The fourth-order valence-electron chi connectivity index (χ4n) is 4.02. The third-order valence-corrected chi connectivity index (χ3v) is 6.22. The average molecular weight is 415 g/mol. The molecule has 1 atom stereocenters. The largest absolute Gasteiger partial charge is 0.497 e. The summed E-state index contributed by atoms with van der Waals surface area (Å²) in [6.45, 7) is 3.67. The smallest absolute Gasteiger partial charge is 0.255 e. The summed E-state index contributed by atoms with van der Waals surface area (Å²) >= 11 is 3.50. The second-order valence-corrected chi connectivity index (χ2v) is 7.88. The highest BCUT2D eigenvalue weighted by molar-refractivity contribution is 9.10. The first-order valence-electron chi connectivity index (χ1n) is 9.09. The minimum atomic E-state index is 0.0793. The number of hydrogen-bond donors (Lipinski definition) is 0. The molecule has 2 aromatic rings. The van der Waals surface area contributed by atoms with E-state index in [1.165, 1.54) is 11.1 Å². The first-order valence-corrected chi connectivity index (χ1v) is 9.88. The molecule has 0 spiro atoms. The molecule has 0 saturated carbocycles. The topological polar surface area (TPSA) is 32.8 Å². The average Bonchev–Trinajstić information content (AvgIpc) is 3.18. The summed E-state index contributed by atoms with van der Waals surface area (Å²) < 4.78 is 6.09. The predicted molar refractivity (Wildman–Crippen MR) is 106 cm³/mol. The van der Waals surface area contributed by atoms with Crippen LogP contribution >= 0.6 is 15.9 Å². The lowest BCUT2D eigenvalue weighted by Gasteiger charge is -2.33. The maximum Gasteiger partial charge on any atom is 0.255 e. The van der Waals surface area contributed by atoms with Crippen LogP contribution in [0, 0.1) is 0 Å². The van der Waals surface area contributed by atoms with Gasteiger partial charge in [-0.15, -0.1) is 0 Å². The summed E-state index contributed by atoms with van der Waals surface area (Å²) in [5.41, 5.74) is 3.57. The van der Waals surface area contributed by atoms with Crippen LogP contribution in [0.4, 0.5) is 0 Å². The van der Waals surface area contributed by atoms with Crippen molar-refractivity contribution in [2.24, 2.45) is 0 Å². The maximum atomic E-state index is 13.0. The second kappa shape index (κ2) is 7.41. The summed E-state index contributed by atoms with van der Waals surface area (Å²) in [5, 5.41) is 0. The van der Waals surface area contributed by atoms with Crippen LogP contribution in [0.25, 0.3) is 0 Å². The molecule has 0 aliphatic carbocycles. The molecule has 1 fully saturated rings. The molecular weight excluding hydrogens is 392 g/mol. The first-order chi connectivity index (χ1) is 12.7. The molecule has 1 amide bonds. The van der Waals surface area contributed by atoms with Gasteiger partial charge in [-0.3, -0.25) is 9.69 Å². The number of nitrogens with zero attached hydrogens (tertiary/aromatic N) is 2. The molecule has 26 heavy (non-hydrogen) atoms. The van der Waals surface area contributed by atoms with Crippen molar-refractivity contribution in [3.63, 3.8) is 0 Å². The van der Waals surface area contributed by atoms with Crippen LogP contribution in [0.1, 0.15) is 27.9 Å². The number of halogens is 1. The van der Waals surface area contributed by atoms with Gasteiger partial charge in [-0.1, -0.05) is 24.3 Å². The van der Waals surface area contributed by atoms with Crippen molar-refractivity contribution < 1.29 is 9.53 Å². The molecule has 136 valence electrons. The van der Waals surface area contributed by atoms with Gasteiger partial charge in [-0.05, 0) is 58.1 Å². The summed E-state index contributed by atoms with van der Waals surface area (Å²) in [6, 6.07) is 14.7. The molecule has 4 nitrogen and oxygen atoms in total. The van der Waals surface area contributed by atoms with Gasteiger partial charge in [0.05, 0.1) is 12.7 Å². The molecule has 2 aliphatic heterocycles. The molecule has 2 aliphatic rings. The minimum absolute atomic E-state index is 0.0793. The number of carbonyl (C=O) groups excluding carboxylic acids is 1. The van der Waals surface area contributed by atoms with E-state index in [1.54, 1.807) is 7.11 Å². The van der Waals surface area contributed by atoms with Crippen molar-refractivity contribution >= 4 is 21.8 Å². The van der Waals surface area contributed by atoms with E-state index in [1.807, 2.05) is 23.1 Å². The molecule has 0 aromatic heterocycles. The lowest BCUT2D eigenvalue weighted by atomic mass is 9.98. The van der Waals surface area contributed by atoms with Crippen molar-refractivity contribution in [3.8, 4) is 5.75 Å². The fraction of sp³-hybridized carbons (Fsp3) is 0.381. The van der Waals surface area contributed by atoms with Crippen LogP contribution in [0.2, 0.25) is 0 Å². The highest BCUT2D eigenvalue weighted by Crippen LogP contribution is 2.28. The molecule has 5 heteroatoms. The van der Waals surface area contributed by atoms with E-state index in [9.17, 15) is 4.79 Å². The van der Waals surface area contributed by atoms with Gasteiger partial charge in [0.15, 0.2) is 0 Å². The van der Waals surface area contributed by atoms with Gasteiger partial charge >= 0.3 is 0 Å². The number of fused-ring (bicyclic) bond motifs is 1. The Morgan fingerprint density at radius 2 is 1.96 bits per heavy atom. The van der Waals surface area contributed by atoms with Crippen molar-refractivity contribution in [2.75, 3.05) is 26.7 Å². The van der Waals surface area contributed by atoms with E-state index in [-0.39, 0.29) is 5.91 Å². The lowest BCUT2D eigenvalue weighted by Crippen LogP contribution is -2.41. The molecule has 0 N–H and O–H groups in total. The van der Waals surface area contributed by atoms with Gasteiger partial charge in [0.2, 0.25) is 0 Å². The first kappa shape index (κ1) is 17.6. The highest BCUT2D eigenvalue weighted by atomic mass is 79.9. The van der Waals surface area contributed by atoms with E-state index >= 15 is 0 Å². The number of hydrogen-bond acceptors (Lipinski definition) is 3. The molecule has 0 bridgehead atoms. The Balaban J connectivity index is 1.45. The number of rotatable bonds is 3. The standard InChI is InChI=1S/C21H23BrN2O2/c1-26-18-6-7-20(22)19(12-18)21(25)24-11-9-17(14-24)23-10-8-15-4-2-3-5-16(15)13-23/h2-7,12,17H,8-11,13-14H2,1H3. The zero-order valence-electron chi connectivity index (χ0n) is 15.0. The van der Waals surface area contributed by atoms with E-state index in [4.69, 9.17) is 4.74 Å². The molecule has 0 radical (unpaired) electrons. The van der Waals surface area contributed by atoms with E-state index in [0.717, 1.165) is 43.5 Å². The Labute approximate surface area is 162 Å². The van der Waals surface area contributed by atoms with Crippen LogP contribution in [0.15, 0.2) is 46.9 Å². The number of methoxy groups -OCH3 is 1.